The Labute approximate surface area is 182 Å². The number of nitrogens with one attached hydrogen (secondary N) is 1. The smallest absolute Gasteiger partial charge is 0.407 e. The van der Waals surface area contributed by atoms with Crippen molar-refractivity contribution in [3.8, 4) is 11.1 Å². The maximum Gasteiger partial charge on any atom is 0.407 e. The molecule has 0 aliphatic heterocycles. The molecule has 1 N–H and O–H groups in total. The van der Waals surface area contributed by atoms with Crippen LogP contribution in [-0.4, -0.2) is 25.0 Å². The molecule has 0 spiro atoms. The van der Waals surface area contributed by atoms with Gasteiger partial charge in [0.2, 0.25) is 0 Å². The molecule has 4 heteroatoms. The third-order valence-electron chi connectivity index (χ3n) is 5.45. The molecule has 31 heavy (non-hydrogen) atoms. The van der Waals surface area contributed by atoms with Gasteiger partial charge in [-0.25, -0.2) is 4.79 Å². The van der Waals surface area contributed by atoms with E-state index in [1.165, 1.54) is 22.3 Å². The fourth-order valence-corrected chi connectivity index (χ4v) is 4.02. The van der Waals surface area contributed by atoms with Gasteiger partial charge in [0.1, 0.15) is 12.4 Å². The van der Waals surface area contributed by atoms with Crippen molar-refractivity contribution in [3.05, 3.63) is 101 Å². The van der Waals surface area contributed by atoms with Crippen molar-refractivity contribution in [1.82, 2.24) is 5.32 Å². The molecule has 0 fully saturated rings. The number of ether oxygens (including phenoxy) is 1. The molecule has 0 aromatic heterocycles. The Morgan fingerprint density at radius 1 is 0.903 bits per heavy atom. The Kier molecular flexibility index (Phi) is 6.27. The van der Waals surface area contributed by atoms with Crippen molar-refractivity contribution in [1.29, 1.82) is 0 Å². The molecule has 0 atom stereocenters. The van der Waals surface area contributed by atoms with E-state index in [9.17, 15) is 9.59 Å². The molecule has 1 aliphatic carbocycles. The molecular formula is C27H25NO3. The van der Waals surface area contributed by atoms with Crippen molar-refractivity contribution in [2.24, 2.45) is 0 Å². The zero-order valence-corrected chi connectivity index (χ0v) is 17.5. The summed E-state index contributed by atoms with van der Waals surface area (Å²) in [4.78, 5) is 23.3. The summed E-state index contributed by atoms with van der Waals surface area (Å²) in [6, 6.07) is 24.4. The average Bonchev–Trinajstić information content (AvgIpc) is 3.10. The summed E-state index contributed by atoms with van der Waals surface area (Å²) in [5.74, 6) is 0.206. The van der Waals surface area contributed by atoms with Crippen LogP contribution in [0.1, 0.15) is 35.1 Å². The van der Waals surface area contributed by atoms with E-state index in [-0.39, 0.29) is 11.7 Å². The fourth-order valence-electron chi connectivity index (χ4n) is 4.02. The number of benzene rings is 3. The third kappa shape index (κ3) is 4.92. The summed E-state index contributed by atoms with van der Waals surface area (Å²) in [5.41, 5.74) is 6.84. The van der Waals surface area contributed by atoms with Crippen LogP contribution in [0.4, 0.5) is 4.79 Å². The van der Waals surface area contributed by atoms with E-state index >= 15 is 0 Å². The first-order valence-electron chi connectivity index (χ1n) is 10.5. The van der Waals surface area contributed by atoms with E-state index in [2.05, 4.69) is 29.6 Å². The highest BCUT2D eigenvalue weighted by atomic mass is 16.5. The maximum absolute atomic E-state index is 12.2. The molecule has 4 rings (SSSR count). The van der Waals surface area contributed by atoms with Crippen LogP contribution in [-0.2, 0) is 16.0 Å². The number of hydrogen-bond acceptors (Lipinski definition) is 3. The standard InChI is InChI=1S/C27H25NO3/c1-19(29)17-21-14-12-20(13-15-21)7-6-16-28-27(30)31-18-26-24-10-4-2-8-22(24)23-9-3-5-11-25(23)26/h2-15,26H,16-18H2,1H3,(H,28,30). The second kappa shape index (κ2) is 9.43. The first-order valence-corrected chi connectivity index (χ1v) is 10.5. The van der Waals surface area contributed by atoms with Crippen molar-refractivity contribution >= 4 is 18.0 Å². The van der Waals surface area contributed by atoms with E-state index in [1.54, 1.807) is 6.92 Å². The summed E-state index contributed by atoms with van der Waals surface area (Å²) in [7, 11) is 0. The number of fused-ring (bicyclic) bond motifs is 3. The molecule has 0 saturated carbocycles. The van der Waals surface area contributed by atoms with E-state index in [0.29, 0.717) is 19.6 Å². The van der Waals surface area contributed by atoms with E-state index < -0.39 is 6.09 Å². The van der Waals surface area contributed by atoms with Crippen LogP contribution < -0.4 is 5.32 Å². The average molecular weight is 412 g/mol. The number of alkyl carbamates (subject to hydrolysis) is 1. The van der Waals surface area contributed by atoms with Gasteiger partial charge in [0, 0.05) is 18.9 Å². The molecule has 3 aromatic carbocycles. The van der Waals surface area contributed by atoms with Crippen LogP contribution in [0, 0.1) is 0 Å². The maximum atomic E-state index is 12.2. The molecule has 3 aromatic rings. The van der Waals surface area contributed by atoms with Gasteiger partial charge in [0.05, 0.1) is 0 Å². The topological polar surface area (TPSA) is 55.4 Å². The second-order valence-electron chi connectivity index (χ2n) is 7.73. The third-order valence-corrected chi connectivity index (χ3v) is 5.45. The van der Waals surface area contributed by atoms with Gasteiger partial charge in [-0.05, 0) is 40.3 Å². The number of Topliss-reactive ketones (excluding diaryl/α,β-unsaturated/α-hetero) is 1. The minimum Gasteiger partial charge on any atom is -0.449 e. The Morgan fingerprint density at radius 2 is 1.52 bits per heavy atom. The lowest BCUT2D eigenvalue weighted by atomic mass is 9.98. The summed E-state index contributed by atoms with van der Waals surface area (Å²) in [6.07, 6.45) is 3.83. The van der Waals surface area contributed by atoms with E-state index in [0.717, 1.165) is 11.1 Å². The Balaban J connectivity index is 1.28. The predicted octanol–water partition coefficient (Wildman–Crippen LogP) is 5.37. The molecule has 0 saturated heterocycles. The van der Waals surface area contributed by atoms with Gasteiger partial charge in [-0.15, -0.1) is 0 Å². The lowest BCUT2D eigenvalue weighted by molar-refractivity contribution is -0.116. The van der Waals surface area contributed by atoms with Crippen molar-refractivity contribution in [2.45, 2.75) is 19.3 Å². The minimum absolute atomic E-state index is 0.0576. The SMILES string of the molecule is CC(=O)Cc1ccc(C=CCNC(=O)OCC2c3ccccc3-c3ccccc32)cc1. The quantitative estimate of drug-likeness (QED) is 0.569. The van der Waals surface area contributed by atoms with E-state index in [4.69, 9.17) is 4.74 Å². The molecule has 0 unspecified atom stereocenters. The Morgan fingerprint density at radius 3 is 2.13 bits per heavy atom. The molecular weight excluding hydrogens is 386 g/mol. The van der Waals surface area contributed by atoms with E-state index in [1.807, 2.05) is 60.7 Å². The van der Waals surface area contributed by atoms with Crippen LogP contribution >= 0.6 is 0 Å². The number of rotatable bonds is 7. The van der Waals surface area contributed by atoms with Gasteiger partial charge in [0.15, 0.2) is 0 Å². The van der Waals surface area contributed by atoms with Gasteiger partial charge < -0.3 is 10.1 Å². The highest BCUT2D eigenvalue weighted by molar-refractivity contribution is 5.79. The molecule has 4 nitrogen and oxygen atoms in total. The fraction of sp³-hybridized carbons (Fsp3) is 0.185. The monoisotopic (exact) mass is 411 g/mol. The zero-order chi connectivity index (χ0) is 21.6. The predicted molar refractivity (Wildman–Crippen MR) is 123 cm³/mol. The lowest BCUT2D eigenvalue weighted by Crippen LogP contribution is -2.26. The zero-order valence-electron chi connectivity index (χ0n) is 17.5. The van der Waals surface area contributed by atoms with Crippen LogP contribution in [0.5, 0.6) is 0 Å². The number of carbonyl (C=O) groups is 2. The van der Waals surface area contributed by atoms with Crippen LogP contribution in [0.2, 0.25) is 0 Å². The molecule has 0 heterocycles. The first-order chi connectivity index (χ1) is 15.1. The number of hydrogen-bond donors (Lipinski definition) is 1. The summed E-state index contributed by atoms with van der Waals surface area (Å²) in [5, 5.41) is 2.77. The largest absolute Gasteiger partial charge is 0.449 e. The number of ketones is 1. The number of carbonyl (C=O) groups excluding carboxylic acids is 2. The van der Waals surface area contributed by atoms with Crippen LogP contribution in [0.25, 0.3) is 17.2 Å². The Bertz CT molecular complexity index is 1070. The molecule has 0 bridgehead atoms. The first kappa shape index (κ1) is 20.6. The highest BCUT2D eigenvalue weighted by Gasteiger charge is 2.28. The van der Waals surface area contributed by atoms with Gasteiger partial charge in [-0.2, -0.15) is 0 Å². The number of amides is 1. The van der Waals surface area contributed by atoms with Crippen molar-refractivity contribution in [3.63, 3.8) is 0 Å². The van der Waals surface area contributed by atoms with Crippen LogP contribution in [0.3, 0.4) is 0 Å². The molecule has 1 amide bonds. The second-order valence-corrected chi connectivity index (χ2v) is 7.73. The summed E-state index contributed by atoms with van der Waals surface area (Å²) >= 11 is 0. The Hall–Kier alpha value is -3.66. The normalized spacial score (nSPS) is 12.4. The molecule has 156 valence electrons. The minimum atomic E-state index is -0.427. The summed E-state index contributed by atoms with van der Waals surface area (Å²) < 4.78 is 5.53. The highest BCUT2D eigenvalue weighted by Crippen LogP contribution is 2.44. The van der Waals surface area contributed by atoms with Gasteiger partial charge >= 0.3 is 6.09 Å². The van der Waals surface area contributed by atoms with Gasteiger partial charge in [-0.3, -0.25) is 4.79 Å². The lowest BCUT2D eigenvalue weighted by Gasteiger charge is -2.14. The molecule has 0 radical (unpaired) electrons. The van der Waals surface area contributed by atoms with Gasteiger partial charge in [0.25, 0.3) is 0 Å². The molecule has 1 aliphatic rings. The summed E-state index contributed by atoms with van der Waals surface area (Å²) in [6.45, 7) is 2.27. The van der Waals surface area contributed by atoms with Crippen molar-refractivity contribution < 1.29 is 14.3 Å². The van der Waals surface area contributed by atoms with Crippen molar-refractivity contribution in [2.75, 3.05) is 13.2 Å². The van der Waals surface area contributed by atoms with Gasteiger partial charge in [-0.1, -0.05) is 84.9 Å². The van der Waals surface area contributed by atoms with Crippen LogP contribution in [0.15, 0.2) is 78.9 Å².